The van der Waals surface area contributed by atoms with Crippen molar-refractivity contribution < 1.29 is 9.90 Å². The summed E-state index contributed by atoms with van der Waals surface area (Å²) in [7, 11) is 0. The summed E-state index contributed by atoms with van der Waals surface area (Å²) in [5, 5.41) is 16.4. The molecule has 1 amide bonds. The van der Waals surface area contributed by atoms with Crippen LogP contribution < -0.4 is 10.6 Å². The molecule has 2 aromatic rings. The number of β-amino-alcohol motifs (C(OH)–C–C–N with tert-alkyl or cyclic N) is 1. The third kappa shape index (κ3) is 3.58. The molecule has 0 saturated carbocycles. The quantitative estimate of drug-likeness (QED) is 0.722. The average molecular weight is 305 g/mol. The Morgan fingerprint density at radius 1 is 1.48 bits per heavy atom. The lowest BCUT2D eigenvalue weighted by atomic mass is 10.2. The zero-order chi connectivity index (χ0) is 14.7. The van der Waals surface area contributed by atoms with Gasteiger partial charge in [-0.05, 0) is 25.0 Å². The van der Waals surface area contributed by atoms with E-state index in [1.54, 1.807) is 11.3 Å². The van der Waals surface area contributed by atoms with Gasteiger partial charge in [0.1, 0.15) is 0 Å². The number of para-hydroxylation sites is 1. The van der Waals surface area contributed by atoms with Gasteiger partial charge in [0.15, 0.2) is 0 Å². The number of carbonyl (C=O) groups excluding carboxylic acids is 1. The van der Waals surface area contributed by atoms with Gasteiger partial charge in [-0.1, -0.05) is 12.1 Å². The summed E-state index contributed by atoms with van der Waals surface area (Å²) in [5.74, 6) is -0.0177. The van der Waals surface area contributed by atoms with Gasteiger partial charge in [-0.25, -0.2) is 4.98 Å². The molecule has 2 atom stereocenters. The van der Waals surface area contributed by atoms with Gasteiger partial charge in [-0.15, -0.1) is 11.3 Å². The first-order valence-electron chi connectivity index (χ1n) is 7.26. The minimum atomic E-state index is -0.400. The fourth-order valence-electron chi connectivity index (χ4n) is 2.52. The van der Waals surface area contributed by atoms with Gasteiger partial charge in [0, 0.05) is 19.5 Å². The fraction of sp³-hybridized carbons (Fsp3) is 0.467. The van der Waals surface area contributed by atoms with Crippen LogP contribution in [0.2, 0.25) is 0 Å². The number of benzene rings is 1. The lowest BCUT2D eigenvalue weighted by molar-refractivity contribution is -0.122. The molecule has 1 fully saturated rings. The molecule has 1 saturated heterocycles. The predicted molar refractivity (Wildman–Crippen MR) is 83.4 cm³/mol. The van der Waals surface area contributed by atoms with E-state index in [0.29, 0.717) is 19.5 Å². The summed E-state index contributed by atoms with van der Waals surface area (Å²) in [6.07, 6.45) is 1.86. The van der Waals surface area contributed by atoms with E-state index in [1.807, 2.05) is 18.2 Å². The summed E-state index contributed by atoms with van der Waals surface area (Å²) < 4.78 is 1.21. The molecular weight excluding hydrogens is 286 g/mol. The summed E-state index contributed by atoms with van der Waals surface area (Å²) in [5.41, 5.74) is 1.05. The summed E-state index contributed by atoms with van der Waals surface area (Å²) in [6.45, 7) is 1.15. The summed E-state index contributed by atoms with van der Waals surface area (Å²) in [4.78, 5) is 16.4. The van der Waals surface area contributed by atoms with Crippen molar-refractivity contribution in [1.29, 1.82) is 0 Å². The molecule has 1 aromatic heterocycles. The van der Waals surface area contributed by atoms with Crippen molar-refractivity contribution in [1.82, 2.24) is 15.6 Å². The van der Waals surface area contributed by atoms with Gasteiger partial charge in [0.2, 0.25) is 5.91 Å². The topological polar surface area (TPSA) is 74.2 Å². The van der Waals surface area contributed by atoms with Crippen LogP contribution in [-0.4, -0.2) is 41.2 Å². The Balaban J connectivity index is 1.42. The molecule has 0 aliphatic carbocycles. The monoisotopic (exact) mass is 305 g/mol. The highest BCUT2D eigenvalue weighted by molar-refractivity contribution is 7.18. The van der Waals surface area contributed by atoms with Crippen molar-refractivity contribution in [3.63, 3.8) is 0 Å². The van der Waals surface area contributed by atoms with Crippen LogP contribution in [0, 0.1) is 0 Å². The Hall–Kier alpha value is -1.50. The van der Waals surface area contributed by atoms with E-state index < -0.39 is 6.10 Å². The minimum absolute atomic E-state index is 0.0177. The second-order valence-corrected chi connectivity index (χ2v) is 6.44. The molecule has 1 aromatic carbocycles. The summed E-state index contributed by atoms with van der Waals surface area (Å²) >= 11 is 1.71. The first-order valence-corrected chi connectivity index (χ1v) is 8.07. The molecule has 2 heterocycles. The Kier molecular flexibility index (Phi) is 4.48. The number of carbonyl (C=O) groups is 1. The number of aryl methyl sites for hydroxylation is 1. The van der Waals surface area contributed by atoms with E-state index >= 15 is 0 Å². The fourth-order valence-corrected chi connectivity index (χ4v) is 3.53. The Morgan fingerprint density at radius 3 is 3.10 bits per heavy atom. The molecule has 0 bridgehead atoms. The van der Waals surface area contributed by atoms with Crippen LogP contribution >= 0.6 is 11.3 Å². The highest BCUT2D eigenvalue weighted by Gasteiger charge is 2.27. The van der Waals surface area contributed by atoms with Crippen LogP contribution in [0.5, 0.6) is 0 Å². The number of hydrogen-bond acceptors (Lipinski definition) is 5. The van der Waals surface area contributed by atoms with E-state index in [1.165, 1.54) is 4.70 Å². The van der Waals surface area contributed by atoms with Crippen molar-refractivity contribution >= 4 is 27.5 Å². The first-order chi connectivity index (χ1) is 10.2. The van der Waals surface area contributed by atoms with Crippen molar-refractivity contribution in [3.8, 4) is 0 Å². The number of aliphatic hydroxyl groups excluding tert-OH is 1. The van der Waals surface area contributed by atoms with Crippen LogP contribution in [0.4, 0.5) is 0 Å². The smallest absolute Gasteiger partial charge is 0.237 e. The normalized spacial score (nSPS) is 21.8. The maximum absolute atomic E-state index is 11.8. The molecule has 6 heteroatoms. The van der Waals surface area contributed by atoms with Gasteiger partial charge in [0.25, 0.3) is 0 Å². The lowest BCUT2D eigenvalue weighted by Gasteiger charge is -2.10. The van der Waals surface area contributed by atoms with Gasteiger partial charge in [0.05, 0.1) is 27.4 Å². The highest BCUT2D eigenvalue weighted by atomic mass is 32.1. The van der Waals surface area contributed by atoms with Crippen LogP contribution in [0.3, 0.4) is 0 Å². The Bertz CT molecular complexity index is 595. The second kappa shape index (κ2) is 6.51. The number of amides is 1. The van der Waals surface area contributed by atoms with Gasteiger partial charge in [-0.3, -0.25) is 4.79 Å². The summed E-state index contributed by atoms with van der Waals surface area (Å²) in [6, 6.07) is 7.87. The third-order valence-corrected chi connectivity index (χ3v) is 4.73. The van der Waals surface area contributed by atoms with Gasteiger partial charge in [-0.2, -0.15) is 0 Å². The molecular formula is C15H19N3O2S. The van der Waals surface area contributed by atoms with Crippen molar-refractivity contribution in [2.75, 3.05) is 13.1 Å². The largest absolute Gasteiger partial charge is 0.392 e. The molecule has 1 aliphatic heterocycles. The van der Waals surface area contributed by atoms with E-state index in [0.717, 1.165) is 23.4 Å². The van der Waals surface area contributed by atoms with Crippen LogP contribution in [0.25, 0.3) is 10.2 Å². The van der Waals surface area contributed by atoms with Gasteiger partial charge < -0.3 is 15.7 Å². The predicted octanol–water partition coefficient (Wildman–Crippen LogP) is 1.07. The maximum Gasteiger partial charge on any atom is 0.237 e. The van der Waals surface area contributed by atoms with Crippen LogP contribution in [-0.2, 0) is 11.2 Å². The first kappa shape index (κ1) is 14.4. The molecule has 0 spiro atoms. The molecule has 112 valence electrons. The molecule has 0 radical (unpaired) electrons. The van der Waals surface area contributed by atoms with E-state index in [9.17, 15) is 9.90 Å². The zero-order valence-corrected chi connectivity index (χ0v) is 12.5. The number of aliphatic hydroxyl groups is 1. The number of nitrogens with one attached hydrogen (secondary N) is 2. The molecule has 1 aliphatic rings. The maximum atomic E-state index is 11.8. The number of thiazole rings is 1. The van der Waals surface area contributed by atoms with Crippen LogP contribution in [0.1, 0.15) is 17.8 Å². The van der Waals surface area contributed by atoms with E-state index in [-0.39, 0.29) is 11.9 Å². The molecule has 3 N–H and O–H groups in total. The van der Waals surface area contributed by atoms with Crippen molar-refractivity contribution in [3.05, 3.63) is 29.3 Å². The number of fused-ring (bicyclic) bond motifs is 1. The minimum Gasteiger partial charge on any atom is -0.392 e. The Morgan fingerprint density at radius 2 is 2.33 bits per heavy atom. The lowest BCUT2D eigenvalue weighted by Crippen LogP contribution is -2.40. The molecule has 3 rings (SSSR count). The van der Waals surface area contributed by atoms with Crippen molar-refractivity contribution in [2.24, 2.45) is 0 Å². The van der Waals surface area contributed by atoms with E-state index in [2.05, 4.69) is 21.7 Å². The number of nitrogens with zero attached hydrogens (tertiary/aromatic N) is 1. The van der Waals surface area contributed by atoms with Crippen molar-refractivity contribution in [2.45, 2.75) is 31.4 Å². The second-order valence-electron chi connectivity index (χ2n) is 5.32. The van der Waals surface area contributed by atoms with Crippen LogP contribution in [0.15, 0.2) is 24.3 Å². The SMILES string of the molecule is O=C(NCCCc1nc2ccccc2s1)[C@H]1C[C@H](O)CN1. The zero-order valence-electron chi connectivity index (χ0n) is 11.7. The molecule has 0 unspecified atom stereocenters. The van der Waals surface area contributed by atoms with E-state index in [4.69, 9.17) is 0 Å². The highest BCUT2D eigenvalue weighted by Crippen LogP contribution is 2.22. The number of aromatic nitrogens is 1. The average Bonchev–Trinajstić information content (AvgIpc) is 3.09. The standard InChI is InChI=1S/C15H19N3O2S/c19-10-8-12(17-9-10)15(20)16-7-3-6-14-18-11-4-1-2-5-13(11)21-14/h1-2,4-5,10,12,17,19H,3,6-9H2,(H,16,20)/t10-,12+/m0/s1. The van der Waals surface area contributed by atoms with Gasteiger partial charge >= 0.3 is 0 Å². The number of rotatable bonds is 5. The third-order valence-electron chi connectivity index (χ3n) is 3.63. The Labute approximate surface area is 127 Å². The number of hydrogen-bond donors (Lipinski definition) is 3. The molecule has 21 heavy (non-hydrogen) atoms. The molecule has 5 nitrogen and oxygen atoms in total.